The third kappa shape index (κ3) is 8.13. The van der Waals surface area contributed by atoms with Gasteiger partial charge in [0.2, 0.25) is 0 Å². The fourth-order valence-corrected chi connectivity index (χ4v) is 3.29. The Morgan fingerprint density at radius 2 is 1.71 bits per heavy atom. The Hall–Kier alpha value is -2.73. The number of unbranched alkanes of at least 4 members (excludes halogenated alkanes) is 1. The number of rotatable bonds is 9. The molecule has 0 atom stereocenters. The number of ether oxygens (including phenoxy) is 1. The predicted octanol–water partition coefficient (Wildman–Crippen LogP) is 5.34. The SMILES string of the molecule is CC(C)(C)OC(=O)N(CCCCC(=O)c1ccc(N)c(N)c1)CCc1ccccc1Cl. The van der Waals surface area contributed by atoms with Crippen LogP contribution in [-0.4, -0.2) is 35.5 Å². The fraction of sp³-hybridized carbons (Fsp3) is 0.417. The second-order valence-electron chi connectivity index (χ2n) is 8.53. The summed E-state index contributed by atoms with van der Waals surface area (Å²) in [6.45, 7) is 6.51. The molecule has 7 heteroatoms. The van der Waals surface area contributed by atoms with Gasteiger partial charge in [0.25, 0.3) is 0 Å². The molecule has 0 unspecified atom stereocenters. The number of benzene rings is 2. The molecule has 2 aromatic carbocycles. The van der Waals surface area contributed by atoms with Crippen LogP contribution >= 0.6 is 11.6 Å². The first-order chi connectivity index (χ1) is 14.6. The van der Waals surface area contributed by atoms with Crippen molar-refractivity contribution in [2.24, 2.45) is 0 Å². The Labute approximate surface area is 189 Å². The second-order valence-corrected chi connectivity index (χ2v) is 8.94. The molecule has 0 heterocycles. The quantitative estimate of drug-likeness (QED) is 0.308. The molecule has 0 spiro atoms. The van der Waals surface area contributed by atoms with Crippen LogP contribution in [0.5, 0.6) is 0 Å². The Morgan fingerprint density at radius 3 is 2.35 bits per heavy atom. The summed E-state index contributed by atoms with van der Waals surface area (Å²) < 4.78 is 5.55. The molecule has 168 valence electrons. The number of carbonyl (C=O) groups is 2. The summed E-state index contributed by atoms with van der Waals surface area (Å²) >= 11 is 6.25. The number of hydrogen-bond donors (Lipinski definition) is 2. The van der Waals surface area contributed by atoms with Crippen LogP contribution in [0.15, 0.2) is 42.5 Å². The zero-order valence-corrected chi connectivity index (χ0v) is 19.2. The Kier molecular flexibility index (Phi) is 8.75. The van der Waals surface area contributed by atoms with Gasteiger partial charge in [0.15, 0.2) is 5.78 Å². The Balaban J connectivity index is 1.92. The van der Waals surface area contributed by atoms with E-state index in [0.717, 1.165) is 5.56 Å². The molecule has 2 rings (SSSR count). The topological polar surface area (TPSA) is 98.6 Å². The number of amides is 1. The highest BCUT2D eigenvalue weighted by atomic mass is 35.5. The molecule has 0 bridgehead atoms. The number of nitrogens with two attached hydrogens (primary N) is 2. The van der Waals surface area contributed by atoms with Crippen LogP contribution in [0.3, 0.4) is 0 Å². The average molecular weight is 446 g/mol. The normalized spacial score (nSPS) is 11.2. The molecule has 0 fully saturated rings. The molecule has 0 aliphatic heterocycles. The van der Waals surface area contributed by atoms with Gasteiger partial charge in [0.05, 0.1) is 11.4 Å². The summed E-state index contributed by atoms with van der Waals surface area (Å²) in [6, 6.07) is 12.5. The van der Waals surface area contributed by atoms with Gasteiger partial charge in [-0.05, 0) is 69.9 Å². The van der Waals surface area contributed by atoms with E-state index in [-0.39, 0.29) is 11.9 Å². The van der Waals surface area contributed by atoms with E-state index in [0.29, 0.717) is 60.7 Å². The Bertz CT molecular complexity index is 909. The average Bonchev–Trinajstić information content (AvgIpc) is 2.69. The van der Waals surface area contributed by atoms with E-state index in [1.807, 2.05) is 45.0 Å². The van der Waals surface area contributed by atoms with Gasteiger partial charge in [-0.3, -0.25) is 4.79 Å². The van der Waals surface area contributed by atoms with Gasteiger partial charge in [-0.1, -0.05) is 29.8 Å². The number of anilines is 2. The molecule has 6 nitrogen and oxygen atoms in total. The van der Waals surface area contributed by atoms with E-state index >= 15 is 0 Å². The molecule has 0 aromatic heterocycles. The largest absolute Gasteiger partial charge is 0.444 e. The van der Waals surface area contributed by atoms with Gasteiger partial charge < -0.3 is 21.1 Å². The molecule has 0 aliphatic rings. The maximum absolute atomic E-state index is 12.7. The zero-order chi connectivity index (χ0) is 23.0. The van der Waals surface area contributed by atoms with Gasteiger partial charge in [0.1, 0.15) is 5.60 Å². The molecule has 4 N–H and O–H groups in total. The summed E-state index contributed by atoms with van der Waals surface area (Å²) in [5.74, 6) is 0.00610. The van der Waals surface area contributed by atoms with Gasteiger partial charge >= 0.3 is 6.09 Å². The van der Waals surface area contributed by atoms with E-state index in [2.05, 4.69) is 0 Å². The Morgan fingerprint density at radius 1 is 1.00 bits per heavy atom. The van der Waals surface area contributed by atoms with E-state index in [9.17, 15) is 9.59 Å². The summed E-state index contributed by atoms with van der Waals surface area (Å²) in [6.07, 6.45) is 1.96. The minimum absolute atomic E-state index is 0.00610. The zero-order valence-electron chi connectivity index (χ0n) is 18.5. The molecule has 2 aromatic rings. The lowest BCUT2D eigenvalue weighted by molar-refractivity contribution is 0.0249. The lowest BCUT2D eigenvalue weighted by Gasteiger charge is -2.27. The monoisotopic (exact) mass is 445 g/mol. The van der Waals surface area contributed by atoms with Crippen LogP contribution in [0.25, 0.3) is 0 Å². The van der Waals surface area contributed by atoms with Gasteiger partial charge in [-0.25, -0.2) is 4.79 Å². The first-order valence-electron chi connectivity index (χ1n) is 10.5. The van der Waals surface area contributed by atoms with Crippen LogP contribution in [0, 0.1) is 0 Å². The first kappa shape index (κ1) is 24.5. The van der Waals surface area contributed by atoms with Crippen molar-refractivity contribution in [1.82, 2.24) is 4.90 Å². The molecule has 0 aliphatic carbocycles. The number of ketones is 1. The number of Topliss-reactive ketones (excluding diaryl/α,β-unsaturated/α-hetero) is 1. The van der Waals surface area contributed by atoms with Crippen molar-refractivity contribution in [3.63, 3.8) is 0 Å². The third-order valence-electron chi connectivity index (χ3n) is 4.75. The molecule has 1 amide bonds. The van der Waals surface area contributed by atoms with Crippen molar-refractivity contribution in [3.8, 4) is 0 Å². The van der Waals surface area contributed by atoms with Gasteiger partial charge in [0, 0.05) is 30.1 Å². The highest BCUT2D eigenvalue weighted by Crippen LogP contribution is 2.19. The van der Waals surface area contributed by atoms with Crippen molar-refractivity contribution >= 4 is 34.9 Å². The van der Waals surface area contributed by atoms with Crippen LogP contribution in [0.1, 0.15) is 56.0 Å². The van der Waals surface area contributed by atoms with Crippen molar-refractivity contribution in [2.75, 3.05) is 24.6 Å². The standard InChI is InChI=1S/C24H32ClN3O3/c1-24(2,3)31-23(30)28(15-13-17-8-4-5-9-19(17)25)14-7-6-10-22(29)18-11-12-20(26)21(27)16-18/h4-5,8-9,11-12,16H,6-7,10,13-15,26-27H2,1-3H3. The molecule has 0 saturated carbocycles. The minimum Gasteiger partial charge on any atom is -0.444 e. The number of halogens is 1. The van der Waals surface area contributed by atoms with Crippen LogP contribution in [0.2, 0.25) is 5.02 Å². The second kappa shape index (κ2) is 11.0. The maximum atomic E-state index is 12.7. The minimum atomic E-state index is -0.579. The first-order valence-corrected chi connectivity index (χ1v) is 10.8. The van der Waals surface area contributed by atoms with E-state index < -0.39 is 5.60 Å². The van der Waals surface area contributed by atoms with Crippen molar-refractivity contribution in [2.45, 2.75) is 52.1 Å². The summed E-state index contributed by atoms with van der Waals surface area (Å²) in [5.41, 5.74) is 13.3. The molecular weight excluding hydrogens is 414 g/mol. The lowest BCUT2D eigenvalue weighted by Crippen LogP contribution is -2.38. The van der Waals surface area contributed by atoms with Gasteiger partial charge in [-0.15, -0.1) is 0 Å². The highest BCUT2D eigenvalue weighted by molar-refractivity contribution is 6.31. The molecule has 0 radical (unpaired) electrons. The van der Waals surface area contributed by atoms with Crippen molar-refractivity contribution in [1.29, 1.82) is 0 Å². The number of carbonyl (C=O) groups excluding carboxylic acids is 2. The fourth-order valence-electron chi connectivity index (χ4n) is 3.06. The van der Waals surface area contributed by atoms with Crippen LogP contribution in [0.4, 0.5) is 16.2 Å². The summed E-state index contributed by atoms with van der Waals surface area (Å²) in [5, 5.41) is 0.681. The van der Waals surface area contributed by atoms with E-state index in [1.54, 1.807) is 23.1 Å². The summed E-state index contributed by atoms with van der Waals surface area (Å²) in [4.78, 5) is 26.7. The summed E-state index contributed by atoms with van der Waals surface area (Å²) in [7, 11) is 0. The molecule has 0 saturated heterocycles. The lowest BCUT2D eigenvalue weighted by atomic mass is 10.0. The third-order valence-corrected chi connectivity index (χ3v) is 5.12. The smallest absolute Gasteiger partial charge is 0.410 e. The van der Waals surface area contributed by atoms with Crippen LogP contribution < -0.4 is 11.5 Å². The van der Waals surface area contributed by atoms with Crippen molar-refractivity contribution in [3.05, 3.63) is 58.6 Å². The predicted molar refractivity (Wildman–Crippen MR) is 126 cm³/mol. The number of hydrogen-bond acceptors (Lipinski definition) is 5. The van der Waals surface area contributed by atoms with E-state index in [1.165, 1.54) is 0 Å². The van der Waals surface area contributed by atoms with E-state index in [4.69, 9.17) is 27.8 Å². The number of nitrogens with zero attached hydrogens (tertiary/aromatic N) is 1. The van der Waals surface area contributed by atoms with Crippen molar-refractivity contribution < 1.29 is 14.3 Å². The van der Waals surface area contributed by atoms with Gasteiger partial charge in [-0.2, -0.15) is 0 Å². The highest BCUT2D eigenvalue weighted by Gasteiger charge is 2.22. The van der Waals surface area contributed by atoms with Crippen LogP contribution in [-0.2, 0) is 11.2 Å². The molecular formula is C24H32ClN3O3. The number of nitrogen functional groups attached to an aromatic ring is 2. The molecule has 31 heavy (non-hydrogen) atoms. The maximum Gasteiger partial charge on any atom is 0.410 e.